The first kappa shape index (κ1) is 25.7. The Morgan fingerprint density at radius 3 is 2.50 bits per heavy atom. The topological polar surface area (TPSA) is 80.3 Å². The number of anilines is 1. The Labute approximate surface area is 213 Å². The number of methoxy groups -OCH3 is 2. The normalized spacial score (nSPS) is 17.7. The van der Waals surface area contributed by atoms with Crippen LogP contribution in [0.5, 0.6) is 17.2 Å². The van der Waals surface area contributed by atoms with Gasteiger partial charge in [0.25, 0.3) is 0 Å². The van der Waals surface area contributed by atoms with Crippen LogP contribution < -0.4 is 24.4 Å². The van der Waals surface area contributed by atoms with E-state index in [1.807, 2.05) is 53.1 Å². The minimum Gasteiger partial charge on any atom is -0.493 e. The van der Waals surface area contributed by atoms with Crippen LogP contribution in [0.25, 0.3) is 0 Å². The molecule has 2 aliphatic rings. The number of carbonyl (C=O) groups excluding carboxylic acids is 2. The van der Waals surface area contributed by atoms with Gasteiger partial charge in [0.2, 0.25) is 5.91 Å². The summed E-state index contributed by atoms with van der Waals surface area (Å²) in [5.74, 6) is 2.10. The molecule has 4 rings (SSSR count). The van der Waals surface area contributed by atoms with Crippen LogP contribution in [0.1, 0.15) is 37.3 Å². The number of nitrogens with one attached hydrogen (secondary N) is 1. The first-order valence-corrected chi connectivity index (χ1v) is 12.8. The molecule has 1 fully saturated rings. The number of hydrogen-bond donors (Lipinski definition) is 1. The van der Waals surface area contributed by atoms with Gasteiger partial charge in [0.15, 0.2) is 11.5 Å². The second-order valence-electron chi connectivity index (χ2n) is 9.50. The number of carbonyl (C=O) groups is 2. The number of amides is 3. The van der Waals surface area contributed by atoms with Crippen molar-refractivity contribution in [3.05, 3.63) is 47.5 Å². The van der Waals surface area contributed by atoms with Gasteiger partial charge >= 0.3 is 6.03 Å². The maximum absolute atomic E-state index is 13.5. The summed E-state index contributed by atoms with van der Waals surface area (Å²) in [4.78, 5) is 30.0. The molecule has 0 saturated carbocycles. The summed E-state index contributed by atoms with van der Waals surface area (Å²) >= 11 is 0. The van der Waals surface area contributed by atoms with E-state index in [9.17, 15) is 9.59 Å². The predicted octanol–water partition coefficient (Wildman–Crippen LogP) is 4.18. The Morgan fingerprint density at radius 2 is 1.81 bits per heavy atom. The highest BCUT2D eigenvalue weighted by molar-refractivity contribution is 5.94. The fraction of sp³-hybridized carbons (Fsp3) is 0.500. The summed E-state index contributed by atoms with van der Waals surface area (Å²) in [6, 6.07) is 11.8. The van der Waals surface area contributed by atoms with E-state index in [1.54, 1.807) is 14.2 Å². The van der Waals surface area contributed by atoms with Gasteiger partial charge in [-0.1, -0.05) is 19.1 Å². The molecule has 8 nitrogen and oxygen atoms in total. The van der Waals surface area contributed by atoms with Gasteiger partial charge in [-0.15, -0.1) is 0 Å². The number of urea groups is 1. The van der Waals surface area contributed by atoms with Gasteiger partial charge in [0.05, 0.1) is 26.5 Å². The van der Waals surface area contributed by atoms with Gasteiger partial charge in [-0.05, 0) is 68.0 Å². The zero-order valence-electron chi connectivity index (χ0n) is 21.7. The highest BCUT2D eigenvalue weighted by atomic mass is 16.5. The smallest absolute Gasteiger partial charge is 0.324 e. The van der Waals surface area contributed by atoms with Crippen LogP contribution in [0.4, 0.5) is 10.5 Å². The molecule has 0 bridgehead atoms. The summed E-state index contributed by atoms with van der Waals surface area (Å²) < 4.78 is 16.7. The summed E-state index contributed by atoms with van der Waals surface area (Å²) in [6.45, 7) is 6.33. The van der Waals surface area contributed by atoms with Crippen LogP contribution in [0.15, 0.2) is 36.4 Å². The Bertz CT molecular complexity index is 1080. The number of piperidine rings is 1. The molecule has 0 radical (unpaired) electrons. The Hall–Kier alpha value is -3.42. The van der Waals surface area contributed by atoms with E-state index < -0.39 is 0 Å². The largest absolute Gasteiger partial charge is 0.493 e. The van der Waals surface area contributed by atoms with Crippen molar-refractivity contribution >= 4 is 17.6 Å². The summed E-state index contributed by atoms with van der Waals surface area (Å²) in [5, 5.41) is 3.07. The van der Waals surface area contributed by atoms with Crippen LogP contribution in [0, 0.1) is 12.8 Å². The molecule has 1 saturated heterocycles. The maximum Gasteiger partial charge on any atom is 0.324 e. The first-order chi connectivity index (χ1) is 17.4. The molecule has 1 N–H and O–H groups in total. The van der Waals surface area contributed by atoms with Crippen LogP contribution >= 0.6 is 0 Å². The van der Waals surface area contributed by atoms with Crippen molar-refractivity contribution in [1.29, 1.82) is 0 Å². The van der Waals surface area contributed by atoms with Gasteiger partial charge in [-0.25, -0.2) is 4.79 Å². The zero-order chi connectivity index (χ0) is 25.7. The van der Waals surface area contributed by atoms with Crippen LogP contribution in [-0.4, -0.2) is 63.3 Å². The van der Waals surface area contributed by atoms with Crippen molar-refractivity contribution in [3.8, 4) is 17.2 Å². The number of nitrogens with zero attached hydrogens (tertiary/aromatic N) is 2. The second-order valence-corrected chi connectivity index (χ2v) is 9.50. The second kappa shape index (κ2) is 11.5. The predicted molar refractivity (Wildman–Crippen MR) is 139 cm³/mol. The van der Waals surface area contributed by atoms with Crippen LogP contribution in [0.2, 0.25) is 0 Å². The van der Waals surface area contributed by atoms with Gasteiger partial charge in [-0.2, -0.15) is 0 Å². The lowest BCUT2D eigenvalue weighted by molar-refractivity contribution is -0.126. The third-order valence-corrected chi connectivity index (χ3v) is 7.07. The van der Waals surface area contributed by atoms with E-state index in [0.717, 1.165) is 29.0 Å². The molecular formula is C28H37N3O5. The minimum atomic E-state index is -0.0814. The summed E-state index contributed by atoms with van der Waals surface area (Å²) in [7, 11) is 3.22. The number of aryl methyl sites for hydroxylation is 1. The molecule has 0 aromatic heterocycles. The molecule has 0 aliphatic carbocycles. The van der Waals surface area contributed by atoms with E-state index in [1.165, 1.54) is 0 Å². The molecule has 2 aliphatic heterocycles. The fourth-order valence-corrected chi connectivity index (χ4v) is 4.86. The van der Waals surface area contributed by atoms with Gasteiger partial charge in [0, 0.05) is 25.6 Å². The lowest BCUT2D eigenvalue weighted by atomic mass is 9.96. The number of benzene rings is 2. The highest BCUT2D eigenvalue weighted by Crippen LogP contribution is 2.36. The van der Waals surface area contributed by atoms with E-state index in [-0.39, 0.29) is 24.0 Å². The number of likely N-dealkylation sites (tertiary alicyclic amines) is 1. The number of ether oxygens (including phenoxy) is 3. The minimum absolute atomic E-state index is 0.00379. The van der Waals surface area contributed by atoms with Crippen molar-refractivity contribution in [2.45, 2.75) is 45.6 Å². The monoisotopic (exact) mass is 495 g/mol. The first-order valence-electron chi connectivity index (χ1n) is 12.8. The number of fused-ring (bicyclic) bond motifs is 1. The maximum atomic E-state index is 13.5. The third-order valence-electron chi connectivity index (χ3n) is 7.07. The molecular weight excluding hydrogens is 458 g/mol. The molecule has 3 amide bonds. The van der Waals surface area contributed by atoms with Crippen molar-refractivity contribution < 1.29 is 23.8 Å². The fourth-order valence-electron chi connectivity index (χ4n) is 4.86. The van der Waals surface area contributed by atoms with Gasteiger partial charge in [-0.3, -0.25) is 9.69 Å². The highest BCUT2D eigenvalue weighted by Gasteiger charge is 2.34. The molecule has 8 heteroatoms. The summed E-state index contributed by atoms with van der Waals surface area (Å²) in [6.07, 6.45) is 2.85. The molecule has 1 atom stereocenters. The van der Waals surface area contributed by atoms with Crippen LogP contribution in [0.3, 0.4) is 0 Å². The SMILES string of the molecule is CCC1CN(C(=O)N2CCC(C(=O)NCCc3ccc(OC)c(OC)c3)CC2)c2cc(C)ccc2O1. The van der Waals surface area contributed by atoms with Gasteiger partial charge < -0.3 is 24.4 Å². The zero-order valence-corrected chi connectivity index (χ0v) is 21.7. The lowest BCUT2D eigenvalue weighted by Gasteiger charge is -2.39. The molecule has 2 aromatic carbocycles. The summed E-state index contributed by atoms with van der Waals surface area (Å²) in [5.41, 5.74) is 2.99. The van der Waals surface area contributed by atoms with Crippen molar-refractivity contribution in [2.24, 2.45) is 5.92 Å². The van der Waals surface area contributed by atoms with Gasteiger partial charge in [0.1, 0.15) is 11.9 Å². The third kappa shape index (κ3) is 5.69. The molecule has 1 unspecified atom stereocenters. The van der Waals surface area contributed by atoms with Crippen LogP contribution in [-0.2, 0) is 11.2 Å². The Balaban J connectivity index is 1.29. The van der Waals surface area contributed by atoms with Crippen molar-refractivity contribution in [1.82, 2.24) is 10.2 Å². The molecule has 2 aromatic rings. The van der Waals surface area contributed by atoms with Crippen molar-refractivity contribution in [3.63, 3.8) is 0 Å². The van der Waals surface area contributed by atoms with E-state index in [4.69, 9.17) is 14.2 Å². The average Bonchev–Trinajstić information content (AvgIpc) is 2.91. The average molecular weight is 496 g/mol. The molecule has 2 heterocycles. The molecule has 194 valence electrons. The number of rotatable bonds is 7. The Kier molecular flexibility index (Phi) is 8.23. The van der Waals surface area contributed by atoms with E-state index >= 15 is 0 Å². The number of hydrogen-bond acceptors (Lipinski definition) is 5. The standard InChI is InChI=1S/C28H37N3O5/c1-5-22-18-31(23-16-19(2)6-8-24(23)36-22)28(33)30-14-11-21(12-15-30)27(32)29-13-10-20-7-9-25(34-3)26(17-20)35-4/h6-9,16-17,21-22H,5,10-15,18H2,1-4H3,(H,29,32). The van der Waals surface area contributed by atoms with E-state index in [2.05, 4.69) is 12.2 Å². The van der Waals surface area contributed by atoms with Crippen molar-refractivity contribution in [2.75, 3.05) is 45.3 Å². The quantitative estimate of drug-likeness (QED) is 0.623. The Morgan fingerprint density at radius 1 is 1.06 bits per heavy atom. The van der Waals surface area contributed by atoms with E-state index in [0.29, 0.717) is 56.9 Å². The molecule has 36 heavy (non-hydrogen) atoms. The molecule has 0 spiro atoms. The lowest BCUT2D eigenvalue weighted by Crippen LogP contribution is -2.52.